The molecule has 0 aliphatic carbocycles. The van der Waals surface area contributed by atoms with Crippen LogP contribution in [0.3, 0.4) is 0 Å². The molecule has 0 aliphatic rings. The van der Waals surface area contributed by atoms with Crippen LogP contribution in [0.15, 0.2) is 0 Å². The molecule has 0 aromatic carbocycles. The van der Waals surface area contributed by atoms with Gasteiger partial charge in [-0.1, -0.05) is 33.6 Å². The van der Waals surface area contributed by atoms with Crippen molar-refractivity contribution in [3.8, 4) is 0 Å². The highest BCUT2D eigenvalue weighted by atomic mass is 35.5. The zero-order chi connectivity index (χ0) is 9.40. The number of hydrogen-bond donors (Lipinski definition) is 1. The van der Waals surface area contributed by atoms with Gasteiger partial charge in [-0.2, -0.15) is 0 Å². The topological polar surface area (TPSA) is 12.0 Å². The van der Waals surface area contributed by atoms with E-state index in [4.69, 9.17) is 11.6 Å². The highest BCUT2D eigenvalue weighted by molar-refractivity contribution is 6.18. The van der Waals surface area contributed by atoms with Crippen LogP contribution in [0.1, 0.15) is 40.0 Å². The molecule has 0 fully saturated rings. The lowest BCUT2D eigenvalue weighted by molar-refractivity contribution is 0.415. The van der Waals surface area contributed by atoms with Gasteiger partial charge in [0.2, 0.25) is 0 Å². The molecule has 0 bridgehead atoms. The molecule has 0 saturated carbocycles. The Hall–Kier alpha value is 0.250. The van der Waals surface area contributed by atoms with Crippen molar-refractivity contribution < 1.29 is 0 Å². The van der Waals surface area contributed by atoms with E-state index in [0.29, 0.717) is 6.04 Å². The summed E-state index contributed by atoms with van der Waals surface area (Å²) in [6, 6.07) is 0.507. The highest BCUT2D eigenvalue weighted by Crippen LogP contribution is 2.06. The van der Waals surface area contributed by atoms with E-state index >= 15 is 0 Å². The smallest absolute Gasteiger partial charge is 0.0377 e. The van der Waals surface area contributed by atoms with E-state index in [-0.39, 0.29) is 0 Å². The number of hydrogen-bond acceptors (Lipinski definition) is 1. The lowest BCUT2D eigenvalue weighted by atomic mass is 10.0. The molecule has 0 heterocycles. The molecule has 1 nitrogen and oxygen atoms in total. The lowest BCUT2D eigenvalue weighted by Crippen LogP contribution is -2.33. The third kappa shape index (κ3) is 5.00. The maximum absolute atomic E-state index is 5.78. The zero-order valence-electron chi connectivity index (χ0n) is 8.57. The first-order chi connectivity index (χ1) is 5.78. The Labute approximate surface area is 81.9 Å². The lowest BCUT2D eigenvalue weighted by Gasteiger charge is -2.18. The Balaban J connectivity index is 3.49. The van der Waals surface area contributed by atoms with E-state index in [1.54, 1.807) is 0 Å². The van der Waals surface area contributed by atoms with Crippen molar-refractivity contribution in [1.29, 1.82) is 0 Å². The minimum atomic E-state index is 0.507. The van der Waals surface area contributed by atoms with Gasteiger partial charge in [0.15, 0.2) is 0 Å². The number of nitrogens with one attached hydrogen (secondary N) is 1. The van der Waals surface area contributed by atoms with Crippen molar-refractivity contribution in [3.63, 3.8) is 0 Å². The molecule has 0 spiro atoms. The molecule has 74 valence electrons. The summed E-state index contributed by atoms with van der Waals surface area (Å²) < 4.78 is 0. The van der Waals surface area contributed by atoms with Crippen LogP contribution < -0.4 is 5.32 Å². The van der Waals surface area contributed by atoms with Gasteiger partial charge in [0.05, 0.1) is 0 Å². The monoisotopic (exact) mass is 191 g/mol. The maximum atomic E-state index is 5.78. The van der Waals surface area contributed by atoms with E-state index in [2.05, 4.69) is 26.1 Å². The van der Waals surface area contributed by atoms with Crippen molar-refractivity contribution >= 4 is 11.6 Å². The summed E-state index contributed by atoms with van der Waals surface area (Å²) in [5.41, 5.74) is 0. The van der Waals surface area contributed by atoms with Crippen LogP contribution in [0.25, 0.3) is 0 Å². The molecule has 0 aromatic rings. The fourth-order valence-corrected chi connectivity index (χ4v) is 1.55. The van der Waals surface area contributed by atoms with Crippen molar-refractivity contribution in [2.45, 2.75) is 46.1 Å². The van der Waals surface area contributed by atoms with Gasteiger partial charge in [-0.25, -0.2) is 0 Å². The minimum Gasteiger partial charge on any atom is -0.313 e. The Morgan fingerprint density at radius 3 is 2.00 bits per heavy atom. The van der Waals surface area contributed by atoms with E-state index < -0.39 is 0 Å². The Morgan fingerprint density at radius 1 is 1.08 bits per heavy atom. The standard InChI is InChI=1S/C10H22ClN/c1-4-9(5-2)8-12-10(6-3)7-11/h9-10,12H,4-8H2,1-3H3. The first-order valence-corrected chi connectivity index (χ1v) is 5.61. The molecule has 12 heavy (non-hydrogen) atoms. The molecule has 0 aliphatic heterocycles. The van der Waals surface area contributed by atoms with Crippen molar-refractivity contribution in [3.05, 3.63) is 0 Å². The summed E-state index contributed by atoms with van der Waals surface area (Å²) in [7, 11) is 0. The first-order valence-electron chi connectivity index (χ1n) is 5.07. The summed E-state index contributed by atoms with van der Waals surface area (Å²) in [5, 5.41) is 3.49. The van der Waals surface area contributed by atoms with E-state index in [1.807, 2.05) is 0 Å². The molecule has 0 aromatic heterocycles. The molecule has 0 amide bonds. The predicted octanol–water partition coefficient (Wildman–Crippen LogP) is 3.03. The number of halogens is 1. The van der Waals surface area contributed by atoms with Crippen LogP contribution in [0.2, 0.25) is 0 Å². The van der Waals surface area contributed by atoms with E-state index in [9.17, 15) is 0 Å². The largest absolute Gasteiger partial charge is 0.313 e. The number of rotatable bonds is 7. The first kappa shape index (κ1) is 12.2. The summed E-state index contributed by atoms with van der Waals surface area (Å²) in [6.45, 7) is 7.79. The second-order valence-corrected chi connectivity index (χ2v) is 3.66. The predicted molar refractivity (Wildman–Crippen MR) is 56.9 cm³/mol. The van der Waals surface area contributed by atoms with E-state index in [0.717, 1.165) is 24.8 Å². The Bertz CT molecular complexity index is 75.8. The molecular weight excluding hydrogens is 170 g/mol. The van der Waals surface area contributed by atoms with Crippen molar-refractivity contribution in [2.24, 2.45) is 5.92 Å². The van der Waals surface area contributed by atoms with Crippen LogP contribution in [0.4, 0.5) is 0 Å². The van der Waals surface area contributed by atoms with Gasteiger partial charge in [-0.05, 0) is 18.9 Å². The van der Waals surface area contributed by atoms with Gasteiger partial charge >= 0.3 is 0 Å². The quantitative estimate of drug-likeness (QED) is 0.611. The summed E-state index contributed by atoms with van der Waals surface area (Å²) in [6.07, 6.45) is 3.66. The second kappa shape index (κ2) is 7.88. The molecule has 0 saturated heterocycles. The molecular formula is C10H22ClN. The van der Waals surface area contributed by atoms with Gasteiger partial charge in [0, 0.05) is 11.9 Å². The third-order valence-electron chi connectivity index (χ3n) is 2.53. The fraction of sp³-hybridized carbons (Fsp3) is 1.00. The average molecular weight is 192 g/mol. The molecule has 0 radical (unpaired) electrons. The van der Waals surface area contributed by atoms with Crippen molar-refractivity contribution in [1.82, 2.24) is 5.32 Å². The van der Waals surface area contributed by atoms with Crippen molar-refractivity contribution in [2.75, 3.05) is 12.4 Å². The number of alkyl halides is 1. The van der Waals surface area contributed by atoms with Gasteiger partial charge in [0.25, 0.3) is 0 Å². The summed E-state index contributed by atoms with van der Waals surface area (Å²) in [5.74, 6) is 1.55. The third-order valence-corrected chi connectivity index (χ3v) is 2.90. The van der Waals surface area contributed by atoms with Crippen LogP contribution in [0, 0.1) is 5.92 Å². The maximum Gasteiger partial charge on any atom is 0.0377 e. The molecule has 1 unspecified atom stereocenters. The SMILES string of the molecule is CCC(CC)CNC(CC)CCl. The van der Waals surface area contributed by atoms with Crippen LogP contribution in [0.5, 0.6) is 0 Å². The van der Waals surface area contributed by atoms with Gasteiger partial charge < -0.3 is 5.32 Å². The average Bonchev–Trinajstić information content (AvgIpc) is 2.13. The van der Waals surface area contributed by atoms with Gasteiger partial charge in [-0.15, -0.1) is 11.6 Å². The normalized spacial score (nSPS) is 13.8. The fourth-order valence-electron chi connectivity index (χ4n) is 1.22. The minimum absolute atomic E-state index is 0.507. The van der Waals surface area contributed by atoms with Crippen LogP contribution in [-0.4, -0.2) is 18.5 Å². The molecule has 1 atom stereocenters. The molecule has 2 heteroatoms. The van der Waals surface area contributed by atoms with E-state index in [1.165, 1.54) is 12.8 Å². The van der Waals surface area contributed by atoms with Crippen LogP contribution in [-0.2, 0) is 0 Å². The summed E-state index contributed by atoms with van der Waals surface area (Å²) in [4.78, 5) is 0. The van der Waals surface area contributed by atoms with Gasteiger partial charge in [0.1, 0.15) is 0 Å². The van der Waals surface area contributed by atoms with Crippen LogP contribution >= 0.6 is 11.6 Å². The Kier molecular flexibility index (Phi) is 8.04. The molecule has 0 rings (SSSR count). The van der Waals surface area contributed by atoms with Gasteiger partial charge in [-0.3, -0.25) is 0 Å². The Morgan fingerprint density at radius 2 is 1.67 bits per heavy atom. The molecule has 1 N–H and O–H groups in total. The summed E-state index contributed by atoms with van der Waals surface area (Å²) >= 11 is 5.78. The second-order valence-electron chi connectivity index (χ2n) is 3.35. The zero-order valence-corrected chi connectivity index (χ0v) is 9.32. The highest BCUT2D eigenvalue weighted by Gasteiger charge is 2.07.